The fraction of sp³-hybridized carbons (Fsp3) is 0.778. The third-order valence-corrected chi connectivity index (χ3v) is 2.72. The van der Waals surface area contributed by atoms with Gasteiger partial charge < -0.3 is 9.84 Å². The fourth-order valence-corrected chi connectivity index (χ4v) is 2.05. The van der Waals surface area contributed by atoms with Crippen LogP contribution in [0.4, 0.5) is 0 Å². The second-order valence-corrected chi connectivity index (χ2v) is 3.44. The van der Waals surface area contributed by atoms with Crippen LogP contribution in [0.1, 0.15) is 25.7 Å². The molecule has 2 heteroatoms. The number of aliphatic hydroxyl groups excluding tert-OH is 1. The maximum absolute atomic E-state index is 9.54. The van der Waals surface area contributed by atoms with E-state index in [9.17, 15) is 5.11 Å². The largest absolute Gasteiger partial charge is 0.498 e. The molecule has 1 fully saturated rings. The lowest BCUT2D eigenvalue weighted by molar-refractivity contribution is -0.0211. The summed E-state index contributed by atoms with van der Waals surface area (Å²) in [7, 11) is 0. The van der Waals surface area contributed by atoms with Crippen LogP contribution in [0.5, 0.6) is 0 Å². The molecule has 0 aromatic heterocycles. The van der Waals surface area contributed by atoms with Crippen LogP contribution in [0, 0.1) is 5.92 Å². The minimum Gasteiger partial charge on any atom is -0.498 e. The molecule has 0 saturated heterocycles. The number of rotatable bonds is 0. The maximum atomic E-state index is 9.54. The van der Waals surface area contributed by atoms with E-state index < -0.39 is 0 Å². The molecule has 2 aliphatic rings. The monoisotopic (exact) mass is 154 g/mol. The van der Waals surface area contributed by atoms with Gasteiger partial charge in [-0.15, -0.1) is 0 Å². The Kier molecular flexibility index (Phi) is 1.86. The van der Waals surface area contributed by atoms with Crippen LogP contribution in [0.15, 0.2) is 12.3 Å². The van der Waals surface area contributed by atoms with Crippen molar-refractivity contribution >= 4 is 0 Å². The lowest BCUT2D eigenvalue weighted by Crippen LogP contribution is -2.37. The van der Waals surface area contributed by atoms with Crippen LogP contribution >= 0.6 is 0 Å². The van der Waals surface area contributed by atoms with Gasteiger partial charge in [-0.25, -0.2) is 0 Å². The Bertz CT molecular complexity index is 165. The van der Waals surface area contributed by atoms with Crippen molar-refractivity contribution in [2.45, 2.75) is 37.9 Å². The average molecular weight is 154 g/mol. The van der Waals surface area contributed by atoms with E-state index in [4.69, 9.17) is 4.74 Å². The zero-order valence-corrected chi connectivity index (χ0v) is 6.57. The summed E-state index contributed by atoms with van der Waals surface area (Å²) in [5.74, 6) is 0.369. The highest BCUT2D eigenvalue weighted by molar-refractivity contribution is 4.97. The summed E-state index contributed by atoms with van der Waals surface area (Å²) in [5, 5.41) is 9.54. The molecule has 1 aliphatic heterocycles. The molecule has 2 unspecified atom stereocenters. The summed E-state index contributed by atoms with van der Waals surface area (Å²) in [5.41, 5.74) is 0. The summed E-state index contributed by atoms with van der Waals surface area (Å²) in [4.78, 5) is 0. The van der Waals surface area contributed by atoms with E-state index >= 15 is 0 Å². The van der Waals surface area contributed by atoms with Crippen molar-refractivity contribution in [1.29, 1.82) is 0 Å². The number of hydrogen-bond donors (Lipinski definition) is 1. The van der Waals surface area contributed by atoms with E-state index in [1.54, 1.807) is 12.3 Å². The predicted molar refractivity (Wildman–Crippen MR) is 42.0 cm³/mol. The zero-order chi connectivity index (χ0) is 7.68. The van der Waals surface area contributed by atoms with Crippen LogP contribution in [-0.2, 0) is 4.74 Å². The van der Waals surface area contributed by atoms with Gasteiger partial charge in [-0.1, -0.05) is 6.42 Å². The highest BCUT2D eigenvalue weighted by Crippen LogP contribution is 2.32. The van der Waals surface area contributed by atoms with Crippen molar-refractivity contribution in [2.24, 2.45) is 5.92 Å². The van der Waals surface area contributed by atoms with Gasteiger partial charge in [-0.05, 0) is 25.3 Å². The van der Waals surface area contributed by atoms with Crippen molar-refractivity contribution in [2.75, 3.05) is 0 Å². The standard InChI is InChI=1S/C9H14O2/c10-8-5-6-11-9-4-2-1-3-7(8)9/h5-10H,1-4H2/t7?,8?,9-/m0/s1. The Morgan fingerprint density at radius 1 is 1.27 bits per heavy atom. The van der Waals surface area contributed by atoms with Crippen molar-refractivity contribution in [3.63, 3.8) is 0 Å². The van der Waals surface area contributed by atoms with Crippen LogP contribution in [0.25, 0.3) is 0 Å². The number of fused-ring (bicyclic) bond motifs is 1. The molecule has 0 aromatic carbocycles. The Balaban J connectivity index is 2.08. The Labute approximate surface area is 66.9 Å². The van der Waals surface area contributed by atoms with Crippen molar-refractivity contribution in [3.05, 3.63) is 12.3 Å². The first kappa shape index (κ1) is 7.17. The van der Waals surface area contributed by atoms with Gasteiger partial charge in [0, 0.05) is 5.92 Å². The topological polar surface area (TPSA) is 29.5 Å². The van der Waals surface area contributed by atoms with E-state index in [2.05, 4.69) is 0 Å². The van der Waals surface area contributed by atoms with Crippen LogP contribution < -0.4 is 0 Å². The number of hydrogen-bond acceptors (Lipinski definition) is 2. The first-order chi connectivity index (χ1) is 5.38. The summed E-state index contributed by atoms with van der Waals surface area (Å²) in [6.45, 7) is 0. The van der Waals surface area contributed by atoms with Gasteiger partial charge in [-0.2, -0.15) is 0 Å². The van der Waals surface area contributed by atoms with Crippen LogP contribution in [-0.4, -0.2) is 17.3 Å². The van der Waals surface area contributed by atoms with Gasteiger partial charge in [0.1, 0.15) is 6.10 Å². The van der Waals surface area contributed by atoms with E-state index in [0.717, 1.165) is 12.8 Å². The van der Waals surface area contributed by atoms with Crippen LogP contribution in [0.3, 0.4) is 0 Å². The Hall–Kier alpha value is -0.500. The maximum Gasteiger partial charge on any atom is 0.103 e. The Morgan fingerprint density at radius 2 is 2.09 bits per heavy atom. The van der Waals surface area contributed by atoms with Gasteiger partial charge in [0.15, 0.2) is 0 Å². The average Bonchev–Trinajstić information content (AvgIpc) is 2.06. The second-order valence-electron chi connectivity index (χ2n) is 3.44. The van der Waals surface area contributed by atoms with Gasteiger partial charge >= 0.3 is 0 Å². The van der Waals surface area contributed by atoms with Gasteiger partial charge in [0.05, 0.1) is 12.4 Å². The molecule has 0 amide bonds. The normalized spacial score (nSPS) is 42.8. The van der Waals surface area contributed by atoms with Crippen molar-refractivity contribution < 1.29 is 9.84 Å². The molecule has 62 valence electrons. The fourth-order valence-electron chi connectivity index (χ4n) is 2.05. The first-order valence-corrected chi connectivity index (χ1v) is 4.38. The lowest BCUT2D eigenvalue weighted by atomic mass is 9.82. The molecule has 1 heterocycles. The third kappa shape index (κ3) is 1.27. The molecule has 3 atom stereocenters. The van der Waals surface area contributed by atoms with Gasteiger partial charge in [-0.3, -0.25) is 0 Å². The molecule has 11 heavy (non-hydrogen) atoms. The highest BCUT2D eigenvalue weighted by Gasteiger charge is 2.32. The van der Waals surface area contributed by atoms with E-state index in [-0.39, 0.29) is 6.10 Å². The molecular formula is C9H14O2. The van der Waals surface area contributed by atoms with Gasteiger partial charge in [0.25, 0.3) is 0 Å². The summed E-state index contributed by atoms with van der Waals surface area (Å²) in [6, 6.07) is 0. The molecule has 1 N–H and O–H groups in total. The molecule has 0 spiro atoms. The second kappa shape index (κ2) is 2.86. The number of aliphatic hydroxyl groups is 1. The highest BCUT2D eigenvalue weighted by atomic mass is 16.5. The summed E-state index contributed by atoms with van der Waals surface area (Å²) >= 11 is 0. The molecule has 2 rings (SSSR count). The van der Waals surface area contributed by atoms with E-state index in [0.29, 0.717) is 12.0 Å². The first-order valence-electron chi connectivity index (χ1n) is 4.38. The van der Waals surface area contributed by atoms with Gasteiger partial charge in [0.2, 0.25) is 0 Å². The summed E-state index contributed by atoms with van der Waals surface area (Å²) < 4.78 is 5.41. The van der Waals surface area contributed by atoms with Crippen molar-refractivity contribution in [1.82, 2.24) is 0 Å². The molecule has 0 radical (unpaired) electrons. The quantitative estimate of drug-likeness (QED) is 0.572. The molecule has 1 aliphatic carbocycles. The predicted octanol–water partition coefficient (Wildman–Crippen LogP) is 1.45. The zero-order valence-electron chi connectivity index (χ0n) is 6.57. The number of ether oxygens (including phenoxy) is 1. The van der Waals surface area contributed by atoms with E-state index in [1.165, 1.54) is 12.8 Å². The summed E-state index contributed by atoms with van der Waals surface area (Å²) in [6.07, 6.45) is 8.18. The smallest absolute Gasteiger partial charge is 0.103 e. The molecule has 0 aromatic rings. The van der Waals surface area contributed by atoms with E-state index in [1.807, 2.05) is 0 Å². The third-order valence-electron chi connectivity index (χ3n) is 2.72. The molecule has 2 nitrogen and oxygen atoms in total. The van der Waals surface area contributed by atoms with Crippen molar-refractivity contribution in [3.8, 4) is 0 Å². The Morgan fingerprint density at radius 3 is 2.91 bits per heavy atom. The lowest BCUT2D eigenvalue weighted by Gasteiger charge is -2.35. The SMILES string of the molecule is OC1C=CO[C@H]2CCCCC12. The minimum absolute atomic E-state index is 0.256. The molecule has 1 saturated carbocycles. The molecule has 0 bridgehead atoms. The molecular weight excluding hydrogens is 140 g/mol. The van der Waals surface area contributed by atoms with Crippen LogP contribution in [0.2, 0.25) is 0 Å². The minimum atomic E-state index is -0.256.